The normalized spacial score (nSPS) is 19.7. The standard InChI is InChI=1S/C14H21F3N4/c1-4-11-19-12(18-3)9(2)13(20-11)21-7-5-6-10(8-21)14(15,16)17/h10H,4-8H2,1-3H3,(H,18,19,20). The average molecular weight is 302 g/mol. The fourth-order valence-electron chi connectivity index (χ4n) is 2.70. The highest BCUT2D eigenvalue weighted by molar-refractivity contribution is 5.58. The van der Waals surface area contributed by atoms with Crippen LogP contribution in [0.4, 0.5) is 24.8 Å². The van der Waals surface area contributed by atoms with Crippen LogP contribution in [0.5, 0.6) is 0 Å². The van der Waals surface area contributed by atoms with Crippen LogP contribution in [0.3, 0.4) is 0 Å². The molecule has 2 rings (SSSR count). The van der Waals surface area contributed by atoms with E-state index < -0.39 is 12.1 Å². The van der Waals surface area contributed by atoms with Crippen molar-refractivity contribution in [1.29, 1.82) is 0 Å². The largest absolute Gasteiger partial charge is 0.393 e. The molecule has 1 aliphatic heterocycles. The SMILES string of the molecule is CCc1nc(NC)c(C)c(N2CCCC(C(F)(F)F)C2)n1. The molecule has 4 nitrogen and oxygen atoms in total. The first-order chi connectivity index (χ1) is 9.86. The first-order valence-corrected chi connectivity index (χ1v) is 7.23. The lowest BCUT2D eigenvalue weighted by Gasteiger charge is -2.35. The molecule has 0 aromatic carbocycles. The number of rotatable bonds is 3. The molecule has 1 saturated heterocycles. The molecule has 1 N–H and O–H groups in total. The number of hydrogen-bond acceptors (Lipinski definition) is 4. The van der Waals surface area contributed by atoms with Gasteiger partial charge in [-0.2, -0.15) is 13.2 Å². The van der Waals surface area contributed by atoms with E-state index in [9.17, 15) is 13.2 Å². The van der Waals surface area contributed by atoms with Crippen molar-refractivity contribution in [2.45, 2.75) is 39.3 Å². The number of aromatic nitrogens is 2. The van der Waals surface area contributed by atoms with Crippen LogP contribution in [0.15, 0.2) is 0 Å². The van der Waals surface area contributed by atoms with E-state index in [0.717, 1.165) is 5.56 Å². The summed E-state index contributed by atoms with van der Waals surface area (Å²) >= 11 is 0. The Morgan fingerprint density at radius 3 is 2.62 bits per heavy atom. The van der Waals surface area contributed by atoms with Crippen LogP contribution >= 0.6 is 0 Å². The molecule has 1 atom stereocenters. The van der Waals surface area contributed by atoms with Gasteiger partial charge in [0.05, 0.1) is 5.92 Å². The monoisotopic (exact) mass is 302 g/mol. The van der Waals surface area contributed by atoms with Crippen molar-refractivity contribution in [2.75, 3.05) is 30.4 Å². The number of anilines is 2. The minimum absolute atomic E-state index is 0.0202. The molecule has 0 bridgehead atoms. The van der Waals surface area contributed by atoms with Gasteiger partial charge in [-0.05, 0) is 19.8 Å². The molecule has 1 unspecified atom stereocenters. The number of hydrogen-bond donors (Lipinski definition) is 1. The molecule has 1 aromatic rings. The number of piperidine rings is 1. The van der Waals surface area contributed by atoms with Crippen molar-refractivity contribution in [3.8, 4) is 0 Å². The van der Waals surface area contributed by atoms with Crippen LogP contribution in [-0.2, 0) is 6.42 Å². The van der Waals surface area contributed by atoms with Crippen molar-refractivity contribution in [2.24, 2.45) is 5.92 Å². The molecule has 7 heteroatoms. The van der Waals surface area contributed by atoms with Crippen LogP contribution in [0.1, 0.15) is 31.2 Å². The number of halogens is 3. The second kappa shape index (κ2) is 6.07. The Hall–Kier alpha value is -1.53. The molecule has 0 saturated carbocycles. The topological polar surface area (TPSA) is 41.1 Å². The molecule has 2 heterocycles. The van der Waals surface area contributed by atoms with E-state index in [0.29, 0.717) is 36.8 Å². The summed E-state index contributed by atoms with van der Waals surface area (Å²) in [6.45, 7) is 4.37. The molecule has 1 aliphatic rings. The highest BCUT2D eigenvalue weighted by atomic mass is 19.4. The Kier molecular flexibility index (Phi) is 4.58. The number of nitrogens with zero attached hydrogens (tertiary/aromatic N) is 3. The van der Waals surface area contributed by atoms with Crippen LogP contribution < -0.4 is 10.2 Å². The molecular weight excluding hydrogens is 281 g/mol. The van der Waals surface area contributed by atoms with E-state index in [1.54, 1.807) is 11.9 Å². The Balaban J connectivity index is 2.32. The molecule has 0 amide bonds. The first kappa shape index (κ1) is 15.9. The second-order valence-corrected chi connectivity index (χ2v) is 5.37. The molecule has 0 radical (unpaired) electrons. The Bertz CT molecular complexity index is 502. The maximum atomic E-state index is 13.0. The second-order valence-electron chi connectivity index (χ2n) is 5.37. The van der Waals surface area contributed by atoms with E-state index >= 15 is 0 Å². The lowest BCUT2D eigenvalue weighted by molar-refractivity contribution is -0.176. The van der Waals surface area contributed by atoms with Crippen molar-refractivity contribution in [1.82, 2.24) is 9.97 Å². The molecule has 118 valence electrons. The van der Waals surface area contributed by atoms with Gasteiger partial charge in [0, 0.05) is 32.1 Å². The van der Waals surface area contributed by atoms with Crippen LogP contribution in [-0.4, -0.2) is 36.3 Å². The van der Waals surface area contributed by atoms with Gasteiger partial charge in [-0.3, -0.25) is 0 Å². The zero-order valence-corrected chi connectivity index (χ0v) is 12.6. The van der Waals surface area contributed by atoms with Gasteiger partial charge in [0.25, 0.3) is 0 Å². The zero-order chi connectivity index (χ0) is 15.6. The maximum Gasteiger partial charge on any atom is 0.393 e. The average Bonchev–Trinajstić information content (AvgIpc) is 2.47. The van der Waals surface area contributed by atoms with Gasteiger partial charge >= 0.3 is 6.18 Å². The van der Waals surface area contributed by atoms with E-state index in [1.165, 1.54) is 0 Å². The van der Waals surface area contributed by atoms with Gasteiger partial charge in [0.1, 0.15) is 17.5 Å². The van der Waals surface area contributed by atoms with Gasteiger partial charge in [0.15, 0.2) is 0 Å². The van der Waals surface area contributed by atoms with Gasteiger partial charge in [-0.1, -0.05) is 6.92 Å². The molecule has 0 aliphatic carbocycles. The van der Waals surface area contributed by atoms with Crippen LogP contribution in [0.25, 0.3) is 0 Å². The van der Waals surface area contributed by atoms with Crippen molar-refractivity contribution in [3.63, 3.8) is 0 Å². The van der Waals surface area contributed by atoms with Gasteiger partial charge in [-0.15, -0.1) is 0 Å². The van der Waals surface area contributed by atoms with Crippen molar-refractivity contribution in [3.05, 3.63) is 11.4 Å². The quantitative estimate of drug-likeness (QED) is 0.931. The minimum atomic E-state index is -4.14. The third-order valence-electron chi connectivity index (χ3n) is 3.90. The summed E-state index contributed by atoms with van der Waals surface area (Å²) in [7, 11) is 1.76. The highest BCUT2D eigenvalue weighted by Crippen LogP contribution is 2.35. The molecule has 1 aromatic heterocycles. The number of alkyl halides is 3. The smallest absolute Gasteiger partial charge is 0.373 e. The number of nitrogens with one attached hydrogen (secondary N) is 1. The summed E-state index contributed by atoms with van der Waals surface area (Å²) in [4.78, 5) is 10.6. The van der Waals surface area contributed by atoms with E-state index in [1.807, 2.05) is 13.8 Å². The summed E-state index contributed by atoms with van der Waals surface area (Å²) in [5.41, 5.74) is 0.803. The summed E-state index contributed by atoms with van der Waals surface area (Å²) < 4.78 is 38.9. The number of aryl methyl sites for hydroxylation is 1. The van der Waals surface area contributed by atoms with Gasteiger partial charge in [-0.25, -0.2) is 9.97 Å². The molecule has 0 spiro atoms. The third-order valence-corrected chi connectivity index (χ3v) is 3.90. The van der Waals surface area contributed by atoms with Gasteiger partial charge in [0.2, 0.25) is 0 Å². The fourth-order valence-corrected chi connectivity index (χ4v) is 2.70. The van der Waals surface area contributed by atoms with Crippen molar-refractivity contribution >= 4 is 11.6 Å². The summed E-state index contributed by atoms with van der Waals surface area (Å²) in [6, 6.07) is 0. The highest BCUT2D eigenvalue weighted by Gasteiger charge is 2.42. The predicted molar refractivity (Wildman–Crippen MR) is 76.7 cm³/mol. The summed E-state index contributed by atoms with van der Waals surface area (Å²) in [5, 5.41) is 2.99. The zero-order valence-electron chi connectivity index (χ0n) is 12.6. The first-order valence-electron chi connectivity index (χ1n) is 7.23. The lowest BCUT2D eigenvalue weighted by atomic mass is 9.97. The third kappa shape index (κ3) is 3.39. The van der Waals surface area contributed by atoms with Crippen LogP contribution in [0.2, 0.25) is 0 Å². The Morgan fingerprint density at radius 2 is 2.05 bits per heavy atom. The Labute approximate surface area is 122 Å². The summed E-state index contributed by atoms with van der Waals surface area (Å²) in [6.07, 6.45) is -2.76. The fraction of sp³-hybridized carbons (Fsp3) is 0.714. The van der Waals surface area contributed by atoms with Gasteiger partial charge < -0.3 is 10.2 Å². The van der Waals surface area contributed by atoms with E-state index in [4.69, 9.17) is 0 Å². The molecule has 1 fully saturated rings. The molecule has 21 heavy (non-hydrogen) atoms. The van der Waals surface area contributed by atoms with E-state index in [-0.39, 0.29) is 13.0 Å². The van der Waals surface area contributed by atoms with E-state index in [2.05, 4.69) is 15.3 Å². The maximum absolute atomic E-state index is 13.0. The predicted octanol–water partition coefficient (Wildman–Crippen LogP) is 3.17. The summed E-state index contributed by atoms with van der Waals surface area (Å²) in [5.74, 6) is 0.684. The van der Waals surface area contributed by atoms with Crippen molar-refractivity contribution < 1.29 is 13.2 Å². The Morgan fingerprint density at radius 1 is 1.33 bits per heavy atom. The molecular formula is C14H21F3N4. The minimum Gasteiger partial charge on any atom is -0.373 e. The van der Waals surface area contributed by atoms with Crippen LogP contribution in [0, 0.1) is 12.8 Å². The lowest BCUT2D eigenvalue weighted by Crippen LogP contribution is -2.42.